The van der Waals surface area contributed by atoms with Crippen molar-refractivity contribution in [2.24, 2.45) is 0 Å². The lowest BCUT2D eigenvalue weighted by atomic mass is 9.99. The van der Waals surface area contributed by atoms with Gasteiger partial charge >= 0.3 is 0 Å². The average Bonchev–Trinajstić information content (AvgIpc) is 3.29. The Labute approximate surface area is 156 Å². The second kappa shape index (κ2) is 6.59. The Kier molecular flexibility index (Phi) is 4.26. The topological polar surface area (TPSA) is 49.8 Å². The van der Waals surface area contributed by atoms with Crippen LogP contribution in [0.1, 0.15) is 26.4 Å². The van der Waals surface area contributed by atoms with Gasteiger partial charge in [0, 0.05) is 17.7 Å². The van der Waals surface area contributed by atoms with Crippen LogP contribution < -0.4 is 4.74 Å². The number of methoxy groups -OCH3 is 1. The minimum absolute atomic E-state index is 0.139. The van der Waals surface area contributed by atoms with Crippen molar-refractivity contribution in [3.63, 3.8) is 0 Å². The third kappa shape index (κ3) is 2.60. The van der Waals surface area contributed by atoms with Gasteiger partial charge in [0.2, 0.25) is 5.72 Å². The summed E-state index contributed by atoms with van der Waals surface area (Å²) in [6.45, 7) is 0.412. The fourth-order valence-corrected chi connectivity index (χ4v) is 4.33. The normalized spacial score (nSPS) is 18.8. The minimum Gasteiger partial charge on any atom is -0.497 e. The largest absolute Gasteiger partial charge is 0.497 e. The first-order valence-corrected chi connectivity index (χ1v) is 9.33. The van der Waals surface area contributed by atoms with Crippen LogP contribution in [0.5, 0.6) is 5.75 Å². The summed E-state index contributed by atoms with van der Waals surface area (Å²) >= 11 is 1.45. The number of carbonyl (C=O) groups is 1. The van der Waals surface area contributed by atoms with Gasteiger partial charge in [-0.05, 0) is 41.6 Å². The second-order valence-electron chi connectivity index (χ2n) is 6.25. The summed E-state index contributed by atoms with van der Waals surface area (Å²) in [6, 6.07) is 18.8. The molecule has 1 N–H and O–H groups in total. The molecule has 0 saturated carbocycles. The van der Waals surface area contributed by atoms with E-state index in [9.17, 15) is 9.90 Å². The zero-order chi connectivity index (χ0) is 18.1. The van der Waals surface area contributed by atoms with E-state index in [1.165, 1.54) is 11.3 Å². The average molecular weight is 365 g/mol. The molecular formula is C21H19NO3S. The van der Waals surface area contributed by atoms with Crippen molar-refractivity contribution in [1.82, 2.24) is 4.90 Å². The summed E-state index contributed by atoms with van der Waals surface area (Å²) in [4.78, 5) is 15.3. The summed E-state index contributed by atoms with van der Waals surface area (Å²) in [5, 5.41) is 13.5. The van der Waals surface area contributed by atoms with Crippen LogP contribution in [0.2, 0.25) is 0 Å². The van der Waals surface area contributed by atoms with E-state index in [0.29, 0.717) is 24.1 Å². The van der Waals surface area contributed by atoms with E-state index in [-0.39, 0.29) is 5.91 Å². The van der Waals surface area contributed by atoms with Gasteiger partial charge in [0.05, 0.1) is 12.0 Å². The molecule has 0 spiro atoms. The van der Waals surface area contributed by atoms with Crippen LogP contribution >= 0.6 is 11.3 Å². The lowest BCUT2D eigenvalue weighted by Gasteiger charge is -2.33. The van der Waals surface area contributed by atoms with Crippen molar-refractivity contribution in [3.05, 3.63) is 87.6 Å². The van der Waals surface area contributed by atoms with Crippen molar-refractivity contribution in [2.75, 3.05) is 13.7 Å². The van der Waals surface area contributed by atoms with Crippen LogP contribution in [0.15, 0.2) is 66.0 Å². The zero-order valence-electron chi connectivity index (χ0n) is 14.4. The second-order valence-corrected chi connectivity index (χ2v) is 7.20. The standard InChI is InChI=1S/C21H19NO3S/c1-25-16-7-4-6-15(14-16)11-12-22-20(23)17-8-2-3-9-18(17)21(22,24)19-10-5-13-26-19/h2-10,13-14,24H,11-12H2,1H3. The molecule has 1 aromatic heterocycles. The minimum atomic E-state index is -1.42. The van der Waals surface area contributed by atoms with E-state index < -0.39 is 5.72 Å². The van der Waals surface area contributed by atoms with Crippen molar-refractivity contribution in [3.8, 4) is 5.75 Å². The molecule has 1 aliphatic rings. The van der Waals surface area contributed by atoms with Crippen LogP contribution in [0, 0.1) is 0 Å². The van der Waals surface area contributed by atoms with Gasteiger partial charge in [-0.25, -0.2) is 0 Å². The number of amides is 1. The van der Waals surface area contributed by atoms with Crippen LogP contribution in [-0.2, 0) is 12.1 Å². The first-order chi connectivity index (χ1) is 12.6. The summed E-state index contributed by atoms with van der Waals surface area (Å²) in [5.74, 6) is 0.645. The van der Waals surface area contributed by atoms with Crippen molar-refractivity contribution >= 4 is 17.2 Å². The molecule has 0 saturated heterocycles. The number of carbonyl (C=O) groups excluding carboxylic acids is 1. The Bertz CT molecular complexity index is 938. The number of hydrogen-bond donors (Lipinski definition) is 1. The van der Waals surface area contributed by atoms with E-state index in [0.717, 1.165) is 16.2 Å². The third-order valence-electron chi connectivity index (χ3n) is 4.79. The molecule has 2 heterocycles. The van der Waals surface area contributed by atoms with E-state index in [2.05, 4.69) is 0 Å². The maximum atomic E-state index is 13.0. The maximum Gasteiger partial charge on any atom is 0.257 e. The molecule has 0 bridgehead atoms. The number of aliphatic hydroxyl groups is 1. The van der Waals surface area contributed by atoms with Gasteiger partial charge in [-0.1, -0.05) is 36.4 Å². The number of thiophene rings is 1. The van der Waals surface area contributed by atoms with Gasteiger partial charge in [0.25, 0.3) is 5.91 Å². The molecular weight excluding hydrogens is 346 g/mol. The molecule has 3 aromatic rings. The van der Waals surface area contributed by atoms with Crippen LogP contribution in [-0.4, -0.2) is 29.6 Å². The maximum absolute atomic E-state index is 13.0. The van der Waals surface area contributed by atoms with Gasteiger partial charge < -0.3 is 14.7 Å². The molecule has 0 radical (unpaired) electrons. The van der Waals surface area contributed by atoms with Crippen molar-refractivity contribution < 1.29 is 14.6 Å². The number of hydrogen-bond acceptors (Lipinski definition) is 4. The summed E-state index contributed by atoms with van der Waals surface area (Å²) in [5.41, 5.74) is 0.856. The van der Waals surface area contributed by atoms with Crippen LogP contribution in [0.4, 0.5) is 0 Å². The number of ether oxygens (including phenoxy) is 1. The molecule has 2 aromatic carbocycles. The monoisotopic (exact) mass is 365 g/mol. The van der Waals surface area contributed by atoms with Gasteiger partial charge in [-0.15, -0.1) is 11.3 Å². The first kappa shape index (κ1) is 16.8. The van der Waals surface area contributed by atoms with Crippen molar-refractivity contribution in [1.29, 1.82) is 0 Å². The van der Waals surface area contributed by atoms with Crippen LogP contribution in [0.3, 0.4) is 0 Å². The lowest BCUT2D eigenvalue weighted by Crippen LogP contribution is -2.45. The van der Waals surface area contributed by atoms with E-state index in [1.54, 1.807) is 18.1 Å². The molecule has 1 aliphatic heterocycles. The molecule has 0 aliphatic carbocycles. The quantitative estimate of drug-likeness (QED) is 0.751. The Morgan fingerprint density at radius 2 is 1.96 bits per heavy atom. The SMILES string of the molecule is COc1cccc(CCN2C(=O)c3ccccc3C2(O)c2cccs2)c1. The highest BCUT2D eigenvalue weighted by Gasteiger charge is 2.50. The first-order valence-electron chi connectivity index (χ1n) is 8.45. The molecule has 1 atom stereocenters. The van der Waals surface area contributed by atoms with Gasteiger partial charge in [-0.3, -0.25) is 4.79 Å². The third-order valence-corrected chi connectivity index (χ3v) is 5.76. The predicted molar refractivity (Wildman–Crippen MR) is 101 cm³/mol. The smallest absolute Gasteiger partial charge is 0.257 e. The summed E-state index contributed by atoms with van der Waals surface area (Å²) < 4.78 is 5.27. The van der Waals surface area contributed by atoms with Crippen LogP contribution in [0.25, 0.3) is 0 Å². The van der Waals surface area contributed by atoms with E-state index in [4.69, 9.17) is 4.74 Å². The number of benzene rings is 2. The Morgan fingerprint density at radius 1 is 1.12 bits per heavy atom. The Hall–Kier alpha value is -2.63. The number of rotatable bonds is 5. The highest BCUT2D eigenvalue weighted by molar-refractivity contribution is 7.10. The number of nitrogens with zero attached hydrogens (tertiary/aromatic N) is 1. The van der Waals surface area contributed by atoms with Crippen molar-refractivity contribution in [2.45, 2.75) is 12.1 Å². The van der Waals surface area contributed by atoms with E-state index >= 15 is 0 Å². The zero-order valence-corrected chi connectivity index (χ0v) is 15.2. The number of fused-ring (bicyclic) bond motifs is 1. The molecule has 4 rings (SSSR count). The fourth-order valence-electron chi connectivity index (χ4n) is 3.49. The fraction of sp³-hybridized carbons (Fsp3) is 0.190. The molecule has 26 heavy (non-hydrogen) atoms. The highest BCUT2D eigenvalue weighted by Crippen LogP contribution is 2.43. The van der Waals surface area contributed by atoms with E-state index in [1.807, 2.05) is 60.0 Å². The Balaban J connectivity index is 1.69. The lowest BCUT2D eigenvalue weighted by molar-refractivity contribution is -0.0466. The predicted octanol–water partition coefficient (Wildman–Crippen LogP) is 3.65. The Morgan fingerprint density at radius 3 is 2.73 bits per heavy atom. The molecule has 0 fully saturated rings. The molecule has 5 heteroatoms. The molecule has 4 nitrogen and oxygen atoms in total. The van der Waals surface area contributed by atoms with Gasteiger partial charge in [0.15, 0.2) is 0 Å². The summed E-state index contributed by atoms with van der Waals surface area (Å²) in [7, 11) is 1.63. The summed E-state index contributed by atoms with van der Waals surface area (Å²) in [6.07, 6.45) is 0.630. The van der Waals surface area contributed by atoms with Gasteiger partial charge in [-0.2, -0.15) is 0 Å². The molecule has 132 valence electrons. The molecule has 1 amide bonds. The highest BCUT2D eigenvalue weighted by atomic mass is 32.1. The molecule has 1 unspecified atom stereocenters. The van der Waals surface area contributed by atoms with Gasteiger partial charge in [0.1, 0.15) is 5.75 Å².